The minimum absolute atomic E-state index is 0.200. The molecular formula is C13H15N3O2. The average Bonchev–Trinajstić information content (AvgIpc) is 2.83. The molecule has 0 radical (unpaired) electrons. The number of hydrogen-bond donors (Lipinski definition) is 0. The Labute approximate surface area is 106 Å². The number of carbonyl (C=O) groups is 1. The molecule has 0 N–H and O–H groups in total. The summed E-state index contributed by atoms with van der Waals surface area (Å²) in [6.45, 7) is 0.408. The second-order valence-electron chi connectivity index (χ2n) is 3.91. The number of aryl methyl sites for hydroxylation is 1. The Kier molecular flexibility index (Phi) is 3.74. The van der Waals surface area contributed by atoms with Gasteiger partial charge in [-0.2, -0.15) is 5.10 Å². The fourth-order valence-corrected chi connectivity index (χ4v) is 1.64. The second-order valence-corrected chi connectivity index (χ2v) is 3.91. The van der Waals surface area contributed by atoms with Crippen LogP contribution >= 0.6 is 0 Å². The monoisotopic (exact) mass is 245 g/mol. The Hall–Kier alpha value is -2.14. The minimum atomic E-state index is -0.200. The number of carbonyl (C=O) groups excluding carboxylic acids is 1. The summed E-state index contributed by atoms with van der Waals surface area (Å²) >= 11 is 0. The normalized spacial score (nSPS) is 10.3. The van der Waals surface area contributed by atoms with Crippen molar-refractivity contribution in [2.24, 2.45) is 7.05 Å². The molecule has 0 aliphatic heterocycles. The Morgan fingerprint density at radius 2 is 2.11 bits per heavy atom. The fourth-order valence-electron chi connectivity index (χ4n) is 1.64. The van der Waals surface area contributed by atoms with Crippen molar-refractivity contribution in [3.05, 3.63) is 53.9 Å². The maximum absolute atomic E-state index is 12.1. The molecule has 2 rings (SSSR count). The van der Waals surface area contributed by atoms with Gasteiger partial charge in [-0.25, -0.2) is 5.06 Å². The number of hydroxylamine groups is 2. The number of benzene rings is 1. The van der Waals surface area contributed by atoms with Crippen LogP contribution in [-0.2, 0) is 18.4 Å². The van der Waals surface area contributed by atoms with Crippen LogP contribution in [0.2, 0.25) is 0 Å². The summed E-state index contributed by atoms with van der Waals surface area (Å²) in [5.74, 6) is -0.200. The van der Waals surface area contributed by atoms with Crippen LogP contribution in [0.3, 0.4) is 0 Å². The maximum Gasteiger partial charge on any atom is 0.280 e. The van der Waals surface area contributed by atoms with Gasteiger partial charge in [0.1, 0.15) is 0 Å². The van der Waals surface area contributed by atoms with E-state index in [9.17, 15) is 4.79 Å². The lowest BCUT2D eigenvalue weighted by Crippen LogP contribution is -2.29. The molecule has 0 aliphatic rings. The van der Waals surface area contributed by atoms with Gasteiger partial charge < -0.3 is 0 Å². The maximum atomic E-state index is 12.1. The molecule has 0 unspecified atom stereocenters. The first-order valence-electron chi connectivity index (χ1n) is 5.59. The van der Waals surface area contributed by atoms with Crippen LogP contribution in [0.15, 0.2) is 42.7 Å². The highest BCUT2D eigenvalue weighted by atomic mass is 16.7. The molecule has 0 atom stereocenters. The molecule has 5 nitrogen and oxygen atoms in total. The number of hydrogen-bond acceptors (Lipinski definition) is 3. The topological polar surface area (TPSA) is 47.4 Å². The van der Waals surface area contributed by atoms with Crippen molar-refractivity contribution in [2.45, 2.75) is 6.54 Å². The lowest BCUT2D eigenvalue weighted by Gasteiger charge is -2.18. The van der Waals surface area contributed by atoms with E-state index in [1.807, 2.05) is 30.3 Å². The highest BCUT2D eigenvalue weighted by Crippen LogP contribution is 2.09. The molecule has 94 valence electrons. The third-order valence-corrected chi connectivity index (χ3v) is 2.57. The number of rotatable bonds is 4. The van der Waals surface area contributed by atoms with Crippen LogP contribution in [0.1, 0.15) is 15.9 Å². The van der Waals surface area contributed by atoms with Gasteiger partial charge in [-0.1, -0.05) is 30.3 Å². The Morgan fingerprint density at radius 3 is 2.67 bits per heavy atom. The van der Waals surface area contributed by atoms with E-state index >= 15 is 0 Å². The van der Waals surface area contributed by atoms with E-state index in [4.69, 9.17) is 4.84 Å². The van der Waals surface area contributed by atoms with Crippen molar-refractivity contribution < 1.29 is 9.63 Å². The van der Waals surface area contributed by atoms with Crippen molar-refractivity contribution in [3.8, 4) is 0 Å². The van der Waals surface area contributed by atoms with Crippen molar-refractivity contribution in [1.29, 1.82) is 0 Å². The first-order chi connectivity index (χ1) is 8.70. The van der Waals surface area contributed by atoms with Crippen molar-refractivity contribution in [1.82, 2.24) is 14.8 Å². The molecule has 0 bridgehead atoms. The molecular weight excluding hydrogens is 230 g/mol. The Morgan fingerprint density at radius 1 is 1.39 bits per heavy atom. The standard InChI is InChI=1S/C13H15N3O2/c1-15-10-12(8-14-15)13(17)16(18-2)9-11-6-4-3-5-7-11/h3-8,10H,9H2,1-2H3. The van der Waals surface area contributed by atoms with Crippen LogP contribution in [-0.4, -0.2) is 27.9 Å². The molecule has 1 amide bonds. The molecule has 0 spiro atoms. The van der Waals surface area contributed by atoms with Gasteiger partial charge in [-0.15, -0.1) is 0 Å². The predicted molar refractivity (Wildman–Crippen MR) is 66.5 cm³/mol. The van der Waals surface area contributed by atoms with Gasteiger partial charge in [0, 0.05) is 13.2 Å². The molecule has 0 fully saturated rings. The first-order valence-corrected chi connectivity index (χ1v) is 5.59. The van der Waals surface area contributed by atoms with Crippen LogP contribution in [0.5, 0.6) is 0 Å². The summed E-state index contributed by atoms with van der Waals surface area (Å²) in [5, 5.41) is 5.29. The number of nitrogens with zero attached hydrogens (tertiary/aromatic N) is 3. The van der Waals surface area contributed by atoms with Crippen molar-refractivity contribution >= 4 is 5.91 Å². The highest BCUT2D eigenvalue weighted by Gasteiger charge is 2.17. The minimum Gasteiger partial charge on any atom is -0.275 e. The van der Waals surface area contributed by atoms with Gasteiger partial charge in [0.2, 0.25) is 0 Å². The van der Waals surface area contributed by atoms with E-state index in [0.29, 0.717) is 12.1 Å². The third-order valence-electron chi connectivity index (χ3n) is 2.57. The number of aromatic nitrogens is 2. The molecule has 0 aliphatic carbocycles. The molecule has 1 heterocycles. The fraction of sp³-hybridized carbons (Fsp3) is 0.231. The second kappa shape index (κ2) is 5.46. The zero-order valence-corrected chi connectivity index (χ0v) is 10.4. The van der Waals surface area contributed by atoms with E-state index < -0.39 is 0 Å². The van der Waals surface area contributed by atoms with Crippen LogP contribution in [0, 0.1) is 0 Å². The summed E-state index contributed by atoms with van der Waals surface area (Å²) in [6.07, 6.45) is 3.19. The van der Waals surface area contributed by atoms with Gasteiger partial charge in [0.05, 0.1) is 25.4 Å². The van der Waals surface area contributed by atoms with Crippen LogP contribution in [0.25, 0.3) is 0 Å². The summed E-state index contributed by atoms with van der Waals surface area (Å²) in [5.41, 5.74) is 1.52. The zero-order chi connectivity index (χ0) is 13.0. The zero-order valence-electron chi connectivity index (χ0n) is 10.4. The smallest absolute Gasteiger partial charge is 0.275 e. The summed E-state index contributed by atoms with van der Waals surface area (Å²) < 4.78 is 1.59. The average molecular weight is 245 g/mol. The first kappa shape index (κ1) is 12.3. The SMILES string of the molecule is CON(Cc1ccccc1)C(=O)c1cnn(C)c1. The Bertz CT molecular complexity index is 522. The number of amides is 1. The van der Waals surface area contributed by atoms with E-state index in [0.717, 1.165) is 5.56 Å². The third kappa shape index (κ3) is 2.75. The largest absolute Gasteiger partial charge is 0.280 e. The molecule has 0 saturated carbocycles. The van der Waals surface area contributed by atoms with E-state index in [2.05, 4.69) is 5.10 Å². The van der Waals surface area contributed by atoms with Crippen LogP contribution < -0.4 is 0 Å². The molecule has 2 aromatic rings. The van der Waals surface area contributed by atoms with Crippen molar-refractivity contribution in [3.63, 3.8) is 0 Å². The van der Waals surface area contributed by atoms with Gasteiger partial charge >= 0.3 is 0 Å². The predicted octanol–water partition coefficient (Wildman–Crippen LogP) is 1.62. The summed E-state index contributed by atoms with van der Waals surface area (Å²) in [7, 11) is 3.25. The lowest BCUT2D eigenvalue weighted by molar-refractivity contribution is -0.102. The molecule has 1 aromatic carbocycles. The van der Waals surface area contributed by atoms with Crippen molar-refractivity contribution in [2.75, 3.05) is 7.11 Å². The Balaban J connectivity index is 2.12. The highest BCUT2D eigenvalue weighted by molar-refractivity contribution is 5.92. The quantitative estimate of drug-likeness (QED) is 0.769. The van der Waals surface area contributed by atoms with E-state index in [-0.39, 0.29) is 5.91 Å². The summed E-state index contributed by atoms with van der Waals surface area (Å²) in [4.78, 5) is 17.3. The van der Waals surface area contributed by atoms with Gasteiger partial charge in [-0.05, 0) is 5.56 Å². The molecule has 0 saturated heterocycles. The van der Waals surface area contributed by atoms with E-state index in [1.165, 1.54) is 18.4 Å². The molecule has 5 heteroatoms. The van der Waals surface area contributed by atoms with E-state index in [1.54, 1.807) is 17.9 Å². The van der Waals surface area contributed by atoms with Gasteiger partial charge in [-0.3, -0.25) is 14.3 Å². The van der Waals surface area contributed by atoms with Gasteiger partial charge in [0.15, 0.2) is 0 Å². The van der Waals surface area contributed by atoms with Gasteiger partial charge in [0.25, 0.3) is 5.91 Å². The molecule has 18 heavy (non-hydrogen) atoms. The molecule has 1 aromatic heterocycles. The van der Waals surface area contributed by atoms with Crippen LogP contribution in [0.4, 0.5) is 0 Å². The summed E-state index contributed by atoms with van der Waals surface area (Å²) in [6, 6.07) is 9.68. The lowest BCUT2D eigenvalue weighted by atomic mass is 10.2.